The first-order valence-corrected chi connectivity index (χ1v) is 15.1. The van der Waals surface area contributed by atoms with E-state index in [1.807, 2.05) is 0 Å². The molecular formula is C27H31F2N7O5S. The Balaban J connectivity index is 1.59. The second-order valence-corrected chi connectivity index (χ2v) is 12.0. The molecule has 224 valence electrons. The van der Waals surface area contributed by atoms with Gasteiger partial charge < -0.3 is 31.6 Å². The Morgan fingerprint density at radius 2 is 1.93 bits per heavy atom. The maximum absolute atomic E-state index is 14.8. The van der Waals surface area contributed by atoms with Crippen LogP contribution >= 0.6 is 0 Å². The number of carbonyl (C=O) groups excluding carboxylic acids is 2. The minimum absolute atomic E-state index is 0.119. The smallest absolute Gasteiger partial charge is 0.312 e. The second-order valence-electron chi connectivity index (χ2n) is 9.64. The maximum atomic E-state index is 14.8. The number of amides is 3. The van der Waals surface area contributed by atoms with Crippen LogP contribution in [0.2, 0.25) is 0 Å². The first kappa shape index (κ1) is 30.6. The van der Waals surface area contributed by atoms with E-state index < -0.39 is 39.3 Å². The third-order valence-corrected chi connectivity index (χ3v) is 7.46. The van der Waals surface area contributed by atoms with Crippen LogP contribution < -0.4 is 31.6 Å². The maximum Gasteiger partial charge on any atom is 0.312 e. The molecule has 6 N–H and O–H groups in total. The number of hydrogen-bond acceptors (Lipinski definition) is 9. The molecular weight excluding hydrogens is 572 g/mol. The molecule has 0 spiro atoms. The minimum atomic E-state index is -3.07. The lowest BCUT2D eigenvalue weighted by molar-refractivity contribution is -0.119. The molecule has 4 rings (SSSR count). The van der Waals surface area contributed by atoms with E-state index >= 15 is 0 Å². The molecule has 1 aromatic carbocycles. The molecule has 0 fully saturated rings. The van der Waals surface area contributed by atoms with Crippen molar-refractivity contribution in [3.05, 3.63) is 59.8 Å². The van der Waals surface area contributed by atoms with Crippen molar-refractivity contribution in [2.45, 2.75) is 31.1 Å². The molecule has 0 aliphatic carbocycles. The summed E-state index contributed by atoms with van der Waals surface area (Å²) in [5, 5.41) is 5.40. The van der Waals surface area contributed by atoms with Crippen LogP contribution in [0.15, 0.2) is 47.0 Å². The van der Waals surface area contributed by atoms with Crippen molar-refractivity contribution in [1.82, 2.24) is 15.3 Å². The standard InChI is InChI=1S/C27H31F2N7O5S/c1-42(39,36-26(37)21(30)4-2-7-32-27(31)38)15-16-10-24-34-23-13-19(20(29)14-33-23)18-6-5-17(28)12-22(18)40-8-3-9-41-25(11-16)35-24/h5-6,10-14,21H,2-4,7-9,15,30H2,1H3,(H3,31,32,38)(H,33,34,35)/t21-,42?/m0/s1. The van der Waals surface area contributed by atoms with Crippen LogP contribution in [0.3, 0.4) is 0 Å². The Kier molecular flexibility index (Phi) is 9.85. The van der Waals surface area contributed by atoms with Crippen LogP contribution in [-0.2, 0) is 20.3 Å². The molecule has 4 bridgehead atoms. The van der Waals surface area contributed by atoms with Crippen molar-refractivity contribution in [3.63, 3.8) is 0 Å². The van der Waals surface area contributed by atoms with Crippen LogP contribution in [0, 0.1) is 11.6 Å². The average molecular weight is 604 g/mol. The highest BCUT2D eigenvalue weighted by Crippen LogP contribution is 2.34. The van der Waals surface area contributed by atoms with Crippen molar-refractivity contribution in [2.75, 3.05) is 31.3 Å². The number of anilines is 2. The van der Waals surface area contributed by atoms with Gasteiger partial charge in [-0.2, -0.15) is 9.35 Å². The van der Waals surface area contributed by atoms with Gasteiger partial charge in [0, 0.05) is 42.5 Å². The van der Waals surface area contributed by atoms with Gasteiger partial charge in [0.2, 0.25) is 5.88 Å². The van der Waals surface area contributed by atoms with E-state index in [9.17, 15) is 22.6 Å². The van der Waals surface area contributed by atoms with Gasteiger partial charge in [-0.3, -0.25) is 4.79 Å². The quantitative estimate of drug-likeness (QED) is 0.294. The van der Waals surface area contributed by atoms with Crippen LogP contribution in [0.1, 0.15) is 24.8 Å². The third-order valence-electron chi connectivity index (χ3n) is 6.03. The molecule has 2 aromatic heterocycles. The van der Waals surface area contributed by atoms with Crippen molar-refractivity contribution in [1.29, 1.82) is 0 Å². The van der Waals surface area contributed by atoms with Gasteiger partial charge in [0.1, 0.15) is 29.0 Å². The SMILES string of the molecule is CS(=O)(Cc1cc2nc(c1)OCCCOc1cc(F)ccc1-c1cc(ncc1F)N2)=NC(=O)[C@@H](N)CCCNC(N)=O. The normalized spacial score (nSPS) is 14.9. The zero-order valence-electron chi connectivity index (χ0n) is 22.8. The monoisotopic (exact) mass is 603 g/mol. The molecule has 0 radical (unpaired) electrons. The number of carbonyl (C=O) groups is 2. The molecule has 2 atom stereocenters. The Morgan fingerprint density at radius 1 is 1.14 bits per heavy atom. The molecule has 3 amide bonds. The highest BCUT2D eigenvalue weighted by atomic mass is 32.2. The number of benzene rings is 1. The summed E-state index contributed by atoms with van der Waals surface area (Å²) in [7, 11) is -3.07. The fourth-order valence-corrected chi connectivity index (χ4v) is 5.50. The summed E-state index contributed by atoms with van der Waals surface area (Å²) in [6.07, 6.45) is 3.38. The van der Waals surface area contributed by atoms with Crippen molar-refractivity contribution < 1.29 is 32.1 Å². The average Bonchev–Trinajstić information content (AvgIpc) is 2.91. The number of nitrogens with one attached hydrogen (secondary N) is 2. The zero-order chi connectivity index (χ0) is 30.3. The number of halogens is 2. The van der Waals surface area contributed by atoms with Gasteiger partial charge >= 0.3 is 6.03 Å². The molecule has 1 aliphatic heterocycles. The molecule has 12 nitrogen and oxygen atoms in total. The second kappa shape index (κ2) is 13.5. The molecule has 0 saturated heterocycles. The lowest BCUT2D eigenvalue weighted by Gasteiger charge is -2.16. The van der Waals surface area contributed by atoms with Crippen LogP contribution in [0.25, 0.3) is 11.1 Å². The predicted octanol–water partition coefficient (Wildman–Crippen LogP) is 3.23. The number of aromatic nitrogens is 2. The number of nitrogens with zero attached hydrogens (tertiary/aromatic N) is 3. The fourth-order valence-electron chi connectivity index (χ4n) is 4.14. The molecule has 42 heavy (non-hydrogen) atoms. The van der Waals surface area contributed by atoms with E-state index in [1.54, 1.807) is 12.1 Å². The van der Waals surface area contributed by atoms with Crippen LogP contribution in [0.4, 0.5) is 25.2 Å². The molecule has 15 heteroatoms. The first-order chi connectivity index (χ1) is 20.0. The van der Waals surface area contributed by atoms with Gasteiger partial charge in [-0.25, -0.2) is 22.8 Å². The van der Waals surface area contributed by atoms with Crippen molar-refractivity contribution >= 4 is 33.3 Å². The zero-order valence-corrected chi connectivity index (χ0v) is 23.6. The van der Waals surface area contributed by atoms with Crippen molar-refractivity contribution in [2.24, 2.45) is 15.8 Å². The summed E-state index contributed by atoms with van der Waals surface area (Å²) < 4.78 is 57.5. The van der Waals surface area contributed by atoms with E-state index in [-0.39, 0.29) is 60.8 Å². The van der Waals surface area contributed by atoms with E-state index in [0.29, 0.717) is 24.0 Å². The lowest BCUT2D eigenvalue weighted by atomic mass is 10.0. The summed E-state index contributed by atoms with van der Waals surface area (Å²) in [5.74, 6) is -1.13. The van der Waals surface area contributed by atoms with Crippen LogP contribution in [-0.4, -0.2) is 58.2 Å². The molecule has 1 aliphatic rings. The summed E-state index contributed by atoms with van der Waals surface area (Å²) in [6.45, 7) is 0.584. The highest BCUT2D eigenvalue weighted by molar-refractivity contribution is 7.92. The summed E-state index contributed by atoms with van der Waals surface area (Å²) in [6, 6.07) is 6.77. The van der Waals surface area contributed by atoms with Crippen LogP contribution in [0.5, 0.6) is 11.6 Å². The first-order valence-electron chi connectivity index (χ1n) is 13.0. The van der Waals surface area contributed by atoms with Crippen molar-refractivity contribution in [3.8, 4) is 22.8 Å². The topological polar surface area (TPSA) is 184 Å². The Morgan fingerprint density at radius 3 is 2.71 bits per heavy atom. The number of nitrogens with two attached hydrogens (primary N) is 2. The van der Waals surface area contributed by atoms with Gasteiger partial charge in [0.05, 0.1) is 40.9 Å². The van der Waals surface area contributed by atoms with E-state index in [1.165, 1.54) is 30.5 Å². The Labute approximate surface area is 241 Å². The fraction of sp³-hybridized carbons (Fsp3) is 0.333. The summed E-state index contributed by atoms with van der Waals surface area (Å²) in [4.78, 5) is 31.8. The number of fused-ring (bicyclic) bond motifs is 6. The summed E-state index contributed by atoms with van der Waals surface area (Å²) in [5.41, 5.74) is 11.9. The minimum Gasteiger partial charge on any atom is -0.493 e. The Bertz CT molecular complexity index is 1600. The number of primary amides is 1. The molecule has 1 unspecified atom stereocenters. The molecule has 3 aromatic rings. The molecule has 3 heterocycles. The highest BCUT2D eigenvalue weighted by Gasteiger charge is 2.18. The number of rotatable bonds is 7. The van der Waals surface area contributed by atoms with Gasteiger partial charge in [-0.15, -0.1) is 0 Å². The number of hydrogen-bond donors (Lipinski definition) is 4. The van der Waals surface area contributed by atoms with Gasteiger partial charge in [0.25, 0.3) is 5.91 Å². The van der Waals surface area contributed by atoms with E-state index in [2.05, 4.69) is 25.0 Å². The predicted molar refractivity (Wildman–Crippen MR) is 153 cm³/mol. The summed E-state index contributed by atoms with van der Waals surface area (Å²) >= 11 is 0. The Hall–Kier alpha value is -4.37. The van der Waals surface area contributed by atoms with Gasteiger partial charge in [0.15, 0.2) is 0 Å². The molecule has 0 saturated carbocycles. The van der Waals surface area contributed by atoms with Gasteiger partial charge in [-0.1, -0.05) is 0 Å². The lowest BCUT2D eigenvalue weighted by Crippen LogP contribution is -2.33. The number of urea groups is 1. The number of ether oxygens (including phenoxy) is 2. The van der Waals surface area contributed by atoms with E-state index in [0.717, 1.165) is 6.20 Å². The largest absolute Gasteiger partial charge is 0.493 e. The van der Waals surface area contributed by atoms with Gasteiger partial charge in [-0.05, 0) is 42.7 Å². The number of pyridine rings is 2. The third kappa shape index (κ3) is 8.57. The van der Waals surface area contributed by atoms with E-state index in [4.69, 9.17) is 20.9 Å².